The van der Waals surface area contributed by atoms with E-state index in [4.69, 9.17) is 16.3 Å². The molecule has 2 aromatic rings. The minimum atomic E-state index is -3.75. The van der Waals surface area contributed by atoms with Gasteiger partial charge in [-0.25, -0.2) is 8.42 Å². The number of anilines is 1. The number of carbonyl (C=O) groups is 1. The van der Waals surface area contributed by atoms with E-state index in [0.717, 1.165) is 19.6 Å². The van der Waals surface area contributed by atoms with E-state index >= 15 is 0 Å². The fourth-order valence-corrected chi connectivity index (χ4v) is 4.60. The summed E-state index contributed by atoms with van der Waals surface area (Å²) in [5.74, 6) is -0.237. The number of hydrogen-bond acceptors (Lipinski definition) is 5. The standard InChI is InChI=1S/C21H26ClN3O4S/c1-15-13-25(14-16(2)29-15)12-11-23-21(26)17-3-9-20(10-4-17)30(27,28)24-19-7-5-18(22)6-8-19/h3-10,15-16,24H,11-14H2,1-2H3,(H,23,26). The molecule has 1 heterocycles. The van der Waals surface area contributed by atoms with Crippen LogP contribution in [0, 0.1) is 0 Å². The highest BCUT2D eigenvalue weighted by Crippen LogP contribution is 2.19. The highest BCUT2D eigenvalue weighted by molar-refractivity contribution is 7.92. The van der Waals surface area contributed by atoms with Gasteiger partial charge in [0.2, 0.25) is 0 Å². The molecule has 2 atom stereocenters. The van der Waals surface area contributed by atoms with Crippen molar-refractivity contribution in [3.05, 3.63) is 59.1 Å². The molecule has 3 rings (SSSR count). The third kappa shape index (κ3) is 6.18. The molecule has 0 spiro atoms. The number of morpholine rings is 1. The Kier molecular flexibility index (Phi) is 7.36. The third-order valence-electron chi connectivity index (χ3n) is 4.73. The van der Waals surface area contributed by atoms with Crippen LogP contribution in [0.5, 0.6) is 0 Å². The molecule has 30 heavy (non-hydrogen) atoms. The molecule has 9 heteroatoms. The lowest BCUT2D eigenvalue weighted by atomic mass is 10.2. The topological polar surface area (TPSA) is 87.7 Å². The number of sulfonamides is 1. The molecule has 0 aliphatic carbocycles. The second-order valence-corrected chi connectivity index (χ2v) is 9.53. The van der Waals surface area contributed by atoms with Gasteiger partial charge in [-0.2, -0.15) is 0 Å². The zero-order valence-electron chi connectivity index (χ0n) is 17.0. The molecular formula is C21H26ClN3O4S. The van der Waals surface area contributed by atoms with Gasteiger partial charge < -0.3 is 10.1 Å². The molecule has 0 aromatic heterocycles. The average molecular weight is 452 g/mol. The van der Waals surface area contributed by atoms with Crippen LogP contribution in [0.3, 0.4) is 0 Å². The summed E-state index contributed by atoms with van der Waals surface area (Å²) in [5.41, 5.74) is 0.817. The number of benzene rings is 2. The quantitative estimate of drug-likeness (QED) is 0.675. The summed E-state index contributed by atoms with van der Waals surface area (Å²) >= 11 is 5.82. The lowest BCUT2D eigenvalue weighted by Crippen LogP contribution is -2.47. The molecule has 162 valence electrons. The van der Waals surface area contributed by atoms with Crippen molar-refractivity contribution in [2.24, 2.45) is 0 Å². The molecule has 0 radical (unpaired) electrons. The van der Waals surface area contributed by atoms with Crippen LogP contribution in [-0.2, 0) is 14.8 Å². The minimum Gasteiger partial charge on any atom is -0.373 e. The smallest absolute Gasteiger partial charge is 0.261 e. The summed E-state index contributed by atoms with van der Waals surface area (Å²) in [5, 5.41) is 3.40. The largest absolute Gasteiger partial charge is 0.373 e. The number of ether oxygens (including phenoxy) is 1. The average Bonchev–Trinajstić information content (AvgIpc) is 2.69. The zero-order chi connectivity index (χ0) is 21.7. The lowest BCUT2D eigenvalue weighted by molar-refractivity contribution is -0.0672. The van der Waals surface area contributed by atoms with Crippen LogP contribution >= 0.6 is 11.6 Å². The van der Waals surface area contributed by atoms with Gasteiger partial charge in [-0.15, -0.1) is 0 Å². The van der Waals surface area contributed by atoms with Crippen LogP contribution in [0.4, 0.5) is 5.69 Å². The maximum absolute atomic E-state index is 12.5. The van der Waals surface area contributed by atoms with Crippen LogP contribution in [0.2, 0.25) is 5.02 Å². The van der Waals surface area contributed by atoms with Crippen molar-refractivity contribution in [1.29, 1.82) is 0 Å². The van der Waals surface area contributed by atoms with Crippen LogP contribution < -0.4 is 10.0 Å². The van der Waals surface area contributed by atoms with E-state index in [1.807, 2.05) is 13.8 Å². The van der Waals surface area contributed by atoms with E-state index in [1.165, 1.54) is 24.3 Å². The molecule has 2 N–H and O–H groups in total. The second kappa shape index (κ2) is 9.78. The summed E-state index contributed by atoms with van der Waals surface area (Å²) in [7, 11) is -3.75. The Morgan fingerprint density at radius 2 is 1.67 bits per heavy atom. The van der Waals surface area contributed by atoms with Crippen molar-refractivity contribution in [3.8, 4) is 0 Å². The summed E-state index contributed by atoms with van der Waals surface area (Å²) in [4.78, 5) is 14.7. The van der Waals surface area contributed by atoms with Crippen molar-refractivity contribution in [2.45, 2.75) is 31.0 Å². The Bertz CT molecular complexity index is 955. The van der Waals surface area contributed by atoms with Crippen molar-refractivity contribution in [2.75, 3.05) is 30.9 Å². The first kappa shape index (κ1) is 22.6. The van der Waals surface area contributed by atoms with Crippen LogP contribution in [0.25, 0.3) is 0 Å². The van der Waals surface area contributed by atoms with Crippen molar-refractivity contribution < 1.29 is 17.9 Å². The molecule has 1 aliphatic rings. The number of amides is 1. The van der Waals surface area contributed by atoms with Gasteiger partial charge in [0.15, 0.2) is 0 Å². The summed E-state index contributed by atoms with van der Waals surface area (Å²) in [6.07, 6.45) is 0.362. The fourth-order valence-electron chi connectivity index (χ4n) is 3.41. The maximum atomic E-state index is 12.5. The number of nitrogens with zero attached hydrogens (tertiary/aromatic N) is 1. The van der Waals surface area contributed by atoms with Crippen LogP contribution in [0.1, 0.15) is 24.2 Å². The number of carbonyl (C=O) groups excluding carboxylic acids is 1. The molecular weight excluding hydrogens is 426 g/mol. The molecule has 1 saturated heterocycles. The first-order chi connectivity index (χ1) is 14.2. The number of hydrogen-bond donors (Lipinski definition) is 2. The van der Waals surface area contributed by atoms with Crippen LogP contribution in [0.15, 0.2) is 53.4 Å². The lowest BCUT2D eigenvalue weighted by Gasteiger charge is -2.35. The molecule has 1 aliphatic heterocycles. The van der Waals surface area contributed by atoms with E-state index < -0.39 is 10.0 Å². The van der Waals surface area contributed by atoms with Gasteiger partial charge in [0.25, 0.3) is 15.9 Å². The molecule has 0 bridgehead atoms. The molecule has 7 nitrogen and oxygen atoms in total. The molecule has 1 fully saturated rings. The normalized spacial score (nSPS) is 20.0. The van der Waals surface area contributed by atoms with Gasteiger partial charge in [0.05, 0.1) is 17.1 Å². The molecule has 1 amide bonds. The van der Waals surface area contributed by atoms with Gasteiger partial charge in [0.1, 0.15) is 0 Å². The SMILES string of the molecule is CC1CN(CCNC(=O)c2ccc(S(=O)(=O)Nc3ccc(Cl)cc3)cc2)CC(C)O1. The van der Waals surface area contributed by atoms with Gasteiger partial charge >= 0.3 is 0 Å². The molecule has 2 unspecified atom stereocenters. The summed E-state index contributed by atoms with van der Waals surface area (Å²) in [6, 6.07) is 12.2. The minimum absolute atomic E-state index is 0.0743. The summed E-state index contributed by atoms with van der Waals surface area (Å²) < 4.78 is 33.2. The van der Waals surface area contributed by atoms with E-state index in [9.17, 15) is 13.2 Å². The van der Waals surface area contributed by atoms with Gasteiger partial charge in [-0.05, 0) is 62.4 Å². The van der Waals surface area contributed by atoms with E-state index in [-0.39, 0.29) is 23.0 Å². The number of rotatable bonds is 7. The maximum Gasteiger partial charge on any atom is 0.261 e. The van der Waals surface area contributed by atoms with Gasteiger partial charge in [0, 0.05) is 42.5 Å². The first-order valence-corrected chi connectivity index (χ1v) is 11.6. The summed E-state index contributed by atoms with van der Waals surface area (Å²) in [6.45, 7) is 7.01. The second-order valence-electron chi connectivity index (χ2n) is 7.41. The van der Waals surface area contributed by atoms with E-state index in [0.29, 0.717) is 22.8 Å². The Morgan fingerprint density at radius 1 is 1.07 bits per heavy atom. The highest BCUT2D eigenvalue weighted by Gasteiger charge is 2.22. The van der Waals surface area contributed by atoms with Crippen molar-refractivity contribution in [1.82, 2.24) is 10.2 Å². The molecule has 0 saturated carbocycles. The predicted molar refractivity (Wildman–Crippen MR) is 117 cm³/mol. The number of nitrogens with one attached hydrogen (secondary N) is 2. The first-order valence-electron chi connectivity index (χ1n) is 9.77. The van der Waals surface area contributed by atoms with Crippen LogP contribution in [-0.4, -0.2) is 57.6 Å². The van der Waals surface area contributed by atoms with Crippen molar-refractivity contribution in [3.63, 3.8) is 0 Å². The van der Waals surface area contributed by atoms with E-state index in [2.05, 4.69) is 14.9 Å². The Labute approximate surface area is 182 Å². The monoisotopic (exact) mass is 451 g/mol. The molecule has 2 aromatic carbocycles. The fraction of sp³-hybridized carbons (Fsp3) is 0.381. The van der Waals surface area contributed by atoms with Gasteiger partial charge in [-0.1, -0.05) is 11.6 Å². The van der Waals surface area contributed by atoms with E-state index in [1.54, 1.807) is 24.3 Å². The number of halogens is 1. The Balaban J connectivity index is 1.54. The van der Waals surface area contributed by atoms with Gasteiger partial charge in [-0.3, -0.25) is 14.4 Å². The Morgan fingerprint density at radius 3 is 2.27 bits per heavy atom. The van der Waals surface area contributed by atoms with Crippen molar-refractivity contribution >= 4 is 33.2 Å². The Hall–Kier alpha value is -2.13. The highest BCUT2D eigenvalue weighted by atomic mass is 35.5. The third-order valence-corrected chi connectivity index (χ3v) is 6.38. The zero-order valence-corrected chi connectivity index (χ0v) is 18.5. The predicted octanol–water partition coefficient (Wildman–Crippen LogP) is 2.98.